The molecule has 2 aromatic carbocycles. The third-order valence-corrected chi connectivity index (χ3v) is 5.24. The van der Waals surface area contributed by atoms with Gasteiger partial charge in [-0.05, 0) is 48.4 Å². The summed E-state index contributed by atoms with van der Waals surface area (Å²) in [4.78, 5) is 12.5. The lowest BCUT2D eigenvalue weighted by atomic mass is 9.87. The lowest BCUT2D eigenvalue weighted by Crippen LogP contribution is -2.24. The van der Waals surface area contributed by atoms with Crippen LogP contribution in [0.2, 0.25) is 0 Å². The second-order valence-electron chi connectivity index (χ2n) is 7.25. The Labute approximate surface area is 174 Å². The first kappa shape index (κ1) is 19.9. The number of aromatic nitrogens is 2. The minimum atomic E-state index is -0.324. The van der Waals surface area contributed by atoms with E-state index >= 15 is 0 Å². The van der Waals surface area contributed by atoms with Crippen LogP contribution in [0.15, 0.2) is 48.7 Å². The van der Waals surface area contributed by atoms with Crippen molar-refractivity contribution >= 4 is 11.7 Å². The van der Waals surface area contributed by atoms with E-state index in [1.165, 1.54) is 12.1 Å². The molecule has 0 aliphatic carbocycles. The summed E-state index contributed by atoms with van der Waals surface area (Å²) in [5, 5.41) is 7.35. The largest absolute Gasteiger partial charge is 0.493 e. The molecular weight excluding hydrogens is 385 g/mol. The smallest absolute Gasteiger partial charge is 0.226 e. The molecule has 0 bridgehead atoms. The van der Waals surface area contributed by atoms with Gasteiger partial charge in [-0.2, -0.15) is 5.10 Å². The lowest BCUT2D eigenvalue weighted by molar-refractivity contribution is -0.116. The molecule has 1 aliphatic heterocycles. The number of hydrogen-bond donors (Lipinski definition) is 1. The van der Waals surface area contributed by atoms with Crippen molar-refractivity contribution in [3.05, 3.63) is 65.6 Å². The number of ether oxygens (including phenoxy) is 2. The molecule has 1 amide bonds. The van der Waals surface area contributed by atoms with E-state index in [0.29, 0.717) is 36.0 Å². The fraction of sp³-hybridized carbons (Fsp3) is 0.304. The van der Waals surface area contributed by atoms with Crippen molar-refractivity contribution in [1.82, 2.24) is 9.78 Å². The van der Waals surface area contributed by atoms with Crippen molar-refractivity contribution in [2.75, 3.05) is 19.0 Å². The van der Waals surface area contributed by atoms with E-state index in [1.807, 2.05) is 18.2 Å². The Morgan fingerprint density at radius 3 is 2.73 bits per heavy atom. The molecule has 3 aromatic rings. The Kier molecular flexibility index (Phi) is 5.70. The summed E-state index contributed by atoms with van der Waals surface area (Å²) in [6, 6.07) is 11.8. The molecule has 2 heterocycles. The maximum Gasteiger partial charge on any atom is 0.226 e. The Hall–Kier alpha value is -3.35. The van der Waals surface area contributed by atoms with Crippen molar-refractivity contribution in [1.29, 1.82) is 0 Å². The van der Waals surface area contributed by atoms with E-state index in [2.05, 4.69) is 17.3 Å². The van der Waals surface area contributed by atoms with Gasteiger partial charge in [0.15, 0.2) is 11.5 Å². The van der Waals surface area contributed by atoms with Crippen LogP contribution >= 0.6 is 0 Å². The molecule has 6 nitrogen and oxygen atoms in total. The van der Waals surface area contributed by atoms with E-state index < -0.39 is 0 Å². The highest BCUT2D eigenvalue weighted by molar-refractivity contribution is 5.94. The molecule has 1 atom stereocenters. The first-order chi connectivity index (χ1) is 14.6. The average molecular weight is 409 g/mol. The SMILES string of the molecule is CCCCOc1ccc([C@@H]2CC(=O)Nc3c2cnn3-c2ccc(F)cc2)cc1OC. The van der Waals surface area contributed by atoms with Gasteiger partial charge in [0, 0.05) is 17.9 Å². The minimum absolute atomic E-state index is 0.0985. The van der Waals surface area contributed by atoms with Crippen LogP contribution in [-0.2, 0) is 4.79 Å². The van der Waals surface area contributed by atoms with Crippen molar-refractivity contribution in [2.24, 2.45) is 0 Å². The summed E-state index contributed by atoms with van der Waals surface area (Å²) >= 11 is 0. The van der Waals surface area contributed by atoms with E-state index in [-0.39, 0.29) is 17.6 Å². The third-order valence-electron chi connectivity index (χ3n) is 5.24. The molecule has 7 heteroatoms. The molecule has 4 rings (SSSR count). The Morgan fingerprint density at radius 1 is 1.20 bits per heavy atom. The molecule has 0 unspecified atom stereocenters. The van der Waals surface area contributed by atoms with Gasteiger partial charge in [0.25, 0.3) is 0 Å². The quantitative estimate of drug-likeness (QED) is 0.576. The number of benzene rings is 2. The highest BCUT2D eigenvalue weighted by Crippen LogP contribution is 2.40. The summed E-state index contributed by atoms with van der Waals surface area (Å²) < 4.78 is 26.3. The maximum atomic E-state index is 13.3. The Bertz CT molecular complexity index is 1050. The first-order valence-corrected chi connectivity index (χ1v) is 10.0. The highest BCUT2D eigenvalue weighted by Gasteiger charge is 2.31. The summed E-state index contributed by atoms with van der Waals surface area (Å²) in [5.74, 6) is 1.35. The van der Waals surface area contributed by atoms with Crippen molar-refractivity contribution in [3.8, 4) is 17.2 Å². The van der Waals surface area contributed by atoms with Gasteiger partial charge in [-0.25, -0.2) is 9.07 Å². The molecule has 0 fully saturated rings. The number of amides is 1. The van der Waals surface area contributed by atoms with Crippen LogP contribution < -0.4 is 14.8 Å². The van der Waals surface area contributed by atoms with E-state index in [1.54, 1.807) is 30.1 Å². The molecular formula is C23H24FN3O3. The monoisotopic (exact) mass is 409 g/mol. The molecule has 1 aromatic heterocycles. The summed E-state index contributed by atoms with van der Waals surface area (Å²) in [7, 11) is 1.61. The van der Waals surface area contributed by atoms with E-state index in [4.69, 9.17) is 9.47 Å². The number of carbonyl (C=O) groups excluding carboxylic acids is 1. The minimum Gasteiger partial charge on any atom is -0.493 e. The molecule has 0 radical (unpaired) electrons. The normalized spacial score (nSPS) is 15.4. The molecule has 0 spiro atoms. The van der Waals surface area contributed by atoms with Crippen LogP contribution in [0.5, 0.6) is 11.5 Å². The lowest BCUT2D eigenvalue weighted by Gasteiger charge is -2.24. The van der Waals surface area contributed by atoms with Crippen LogP contribution in [0.3, 0.4) is 0 Å². The number of carbonyl (C=O) groups is 1. The number of nitrogens with zero attached hydrogens (tertiary/aromatic N) is 2. The topological polar surface area (TPSA) is 65.4 Å². The number of nitrogens with one attached hydrogen (secondary N) is 1. The molecule has 30 heavy (non-hydrogen) atoms. The Balaban J connectivity index is 1.68. The van der Waals surface area contributed by atoms with Crippen LogP contribution in [-0.4, -0.2) is 29.4 Å². The standard InChI is InChI=1S/C23H24FN3O3/c1-3-4-11-30-20-10-5-15(12-21(20)29-2)18-13-22(28)26-23-19(18)14-25-27(23)17-8-6-16(24)7-9-17/h5-10,12,14,18H,3-4,11,13H2,1-2H3,(H,26,28)/t18-/m0/s1. The van der Waals surface area contributed by atoms with Crippen LogP contribution in [0.1, 0.15) is 43.2 Å². The Morgan fingerprint density at radius 2 is 2.00 bits per heavy atom. The van der Waals surface area contributed by atoms with E-state index in [0.717, 1.165) is 24.0 Å². The zero-order chi connectivity index (χ0) is 21.1. The van der Waals surface area contributed by atoms with Crippen LogP contribution in [0, 0.1) is 5.82 Å². The maximum absolute atomic E-state index is 13.3. The number of halogens is 1. The van der Waals surface area contributed by atoms with Gasteiger partial charge in [-0.1, -0.05) is 19.4 Å². The van der Waals surface area contributed by atoms with Gasteiger partial charge in [0.05, 0.1) is 25.6 Å². The number of hydrogen-bond acceptors (Lipinski definition) is 4. The predicted molar refractivity (Wildman–Crippen MR) is 112 cm³/mol. The predicted octanol–water partition coefficient (Wildman–Crippen LogP) is 4.67. The van der Waals surface area contributed by atoms with Crippen LogP contribution in [0.4, 0.5) is 10.2 Å². The zero-order valence-electron chi connectivity index (χ0n) is 17.0. The van der Waals surface area contributed by atoms with Gasteiger partial charge in [0.2, 0.25) is 5.91 Å². The summed E-state index contributed by atoms with van der Waals surface area (Å²) in [5.41, 5.74) is 2.53. The fourth-order valence-electron chi connectivity index (χ4n) is 3.64. The number of methoxy groups -OCH3 is 1. The van der Waals surface area contributed by atoms with Crippen molar-refractivity contribution in [2.45, 2.75) is 32.1 Å². The van der Waals surface area contributed by atoms with Gasteiger partial charge < -0.3 is 14.8 Å². The molecule has 1 aliphatic rings. The average Bonchev–Trinajstić information content (AvgIpc) is 3.17. The first-order valence-electron chi connectivity index (χ1n) is 10.0. The summed E-state index contributed by atoms with van der Waals surface area (Å²) in [6.07, 6.45) is 4.08. The van der Waals surface area contributed by atoms with Crippen molar-refractivity contribution in [3.63, 3.8) is 0 Å². The second kappa shape index (κ2) is 8.57. The highest BCUT2D eigenvalue weighted by atomic mass is 19.1. The zero-order valence-corrected chi connectivity index (χ0v) is 17.0. The van der Waals surface area contributed by atoms with Crippen LogP contribution in [0.25, 0.3) is 5.69 Å². The number of rotatable bonds is 7. The summed E-state index contributed by atoms with van der Waals surface area (Å²) in [6.45, 7) is 2.74. The molecule has 0 saturated carbocycles. The van der Waals surface area contributed by atoms with Gasteiger partial charge in [-0.15, -0.1) is 0 Å². The third kappa shape index (κ3) is 3.87. The molecule has 1 N–H and O–H groups in total. The van der Waals surface area contributed by atoms with E-state index in [9.17, 15) is 9.18 Å². The second-order valence-corrected chi connectivity index (χ2v) is 7.25. The number of anilines is 1. The molecule has 156 valence electrons. The molecule has 0 saturated heterocycles. The van der Waals surface area contributed by atoms with Crippen molar-refractivity contribution < 1.29 is 18.7 Å². The van der Waals surface area contributed by atoms with Gasteiger partial charge in [-0.3, -0.25) is 4.79 Å². The fourth-order valence-corrected chi connectivity index (χ4v) is 3.64. The van der Waals surface area contributed by atoms with Gasteiger partial charge in [0.1, 0.15) is 11.6 Å². The number of unbranched alkanes of at least 4 members (excludes halogenated alkanes) is 1. The van der Waals surface area contributed by atoms with Gasteiger partial charge >= 0.3 is 0 Å². The number of fused-ring (bicyclic) bond motifs is 1.